The number of benzene rings is 1. The number of nitrogens with one attached hydrogen (secondary N) is 1. The monoisotopic (exact) mass is 316 g/mol. The third-order valence-corrected chi connectivity index (χ3v) is 4.33. The largest absolute Gasteiger partial charge is 0.347 e. The second-order valence-electron chi connectivity index (χ2n) is 5.94. The summed E-state index contributed by atoms with van der Waals surface area (Å²) in [6.07, 6.45) is 5.59. The van der Waals surface area contributed by atoms with Crippen molar-refractivity contribution >= 4 is 5.91 Å². The number of nitrogens with zero attached hydrogens (tertiary/aromatic N) is 3. The van der Waals surface area contributed by atoms with Gasteiger partial charge in [0.05, 0.1) is 12.6 Å². The number of aromatic nitrogens is 2. The van der Waals surface area contributed by atoms with Crippen LogP contribution in [0.1, 0.15) is 30.3 Å². The first kappa shape index (κ1) is 15.7. The lowest BCUT2D eigenvalue weighted by Gasteiger charge is -2.25. The number of imidazole rings is 1. The second-order valence-corrected chi connectivity index (χ2v) is 5.94. The zero-order valence-corrected chi connectivity index (χ0v) is 13.2. The molecule has 1 N–H and O–H groups in total. The van der Waals surface area contributed by atoms with Gasteiger partial charge in [0.2, 0.25) is 5.91 Å². The van der Waals surface area contributed by atoms with Crippen LogP contribution in [0.15, 0.2) is 36.7 Å². The van der Waals surface area contributed by atoms with Gasteiger partial charge in [0, 0.05) is 31.5 Å². The number of hydrogen-bond acceptors (Lipinski definition) is 3. The molecule has 1 saturated heterocycles. The highest BCUT2D eigenvalue weighted by Gasteiger charge is 2.30. The predicted octanol–water partition coefficient (Wildman–Crippen LogP) is 2.34. The van der Waals surface area contributed by atoms with E-state index in [4.69, 9.17) is 0 Å². The van der Waals surface area contributed by atoms with Gasteiger partial charge in [-0.2, -0.15) is 0 Å². The van der Waals surface area contributed by atoms with Crippen molar-refractivity contribution in [2.45, 2.75) is 25.4 Å². The Morgan fingerprint density at radius 3 is 3.04 bits per heavy atom. The van der Waals surface area contributed by atoms with E-state index in [-0.39, 0.29) is 24.3 Å². The average molecular weight is 316 g/mol. The molecule has 1 aromatic heterocycles. The summed E-state index contributed by atoms with van der Waals surface area (Å²) in [5.41, 5.74) is 0.535. The predicted molar refractivity (Wildman–Crippen MR) is 85.0 cm³/mol. The van der Waals surface area contributed by atoms with Crippen molar-refractivity contribution in [2.75, 3.05) is 20.1 Å². The number of likely N-dealkylation sites (N-methyl/N-ethyl adjacent to an activating group) is 1. The SMILES string of the molecule is CN(Cc1ccccc1F)C(=O)CN1CCCC1c1ncc[nH]1. The Balaban J connectivity index is 1.61. The van der Waals surface area contributed by atoms with E-state index in [2.05, 4.69) is 14.9 Å². The minimum atomic E-state index is -0.276. The molecule has 0 aliphatic carbocycles. The van der Waals surface area contributed by atoms with E-state index in [0.29, 0.717) is 12.1 Å². The first-order valence-electron chi connectivity index (χ1n) is 7.86. The summed E-state index contributed by atoms with van der Waals surface area (Å²) in [4.78, 5) is 23.6. The maximum absolute atomic E-state index is 13.7. The van der Waals surface area contributed by atoms with Crippen LogP contribution in [-0.2, 0) is 11.3 Å². The first-order chi connectivity index (χ1) is 11.1. The molecule has 6 heteroatoms. The molecule has 0 bridgehead atoms. The number of H-pyrrole nitrogens is 1. The molecule has 1 aliphatic heterocycles. The maximum atomic E-state index is 13.7. The van der Waals surface area contributed by atoms with Crippen LogP contribution in [-0.4, -0.2) is 45.8 Å². The Morgan fingerprint density at radius 2 is 2.30 bits per heavy atom. The highest BCUT2D eigenvalue weighted by atomic mass is 19.1. The summed E-state index contributed by atoms with van der Waals surface area (Å²) in [5, 5.41) is 0. The van der Waals surface area contributed by atoms with Crippen molar-refractivity contribution in [2.24, 2.45) is 0 Å². The standard InChI is InChI=1S/C17H21FN4O/c1-21(11-13-5-2-3-6-14(13)18)16(23)12-22-10-4-7-15(22)17-19-8-9-20-17/h2-3,5-6,8-9,15H,4,7,10-12H2,1H3,(H,19,20). The lowest BCUT2D eigenvalue weighted by Crippen LogP contribution is -2.38. The van der Waals surface area contributed by atoms with Gasteiger partial charge in [-0.25, -0.2) is 9.37 Å². The first-order valence-corrected chi connectivity index (χ1v) is 7.86. The Hall–Kier alpha value is -2.21. The molecule has 0 radical (unpaired) electrons. The van der Waals surface area contributed by atoms with Crippen molar-refractivity contribution in [3.8, 4) is 0 Å². The molecule has 23 heavy (non-hydrogen) atoms. The third kappa shape index (κ3) is 3.59. The molecule has 3 rings (SSSR count). The highest BCUT2D eigenvalue weighted by molar-refractivity contribution is 5.78. The van der Waals surface area contributed by atoms with Crippen LogP contribution < -0.4 is 0 Å². The van der Waals surface area contributed by atoms with Crippen LogP contribution in [0, 0.1) is 5.82 Å². The van der Waals surface area contributed by atoms with Crippen molar-refractivity contribution in [1.29, 1.82) is 0 Å². The van der Waals surface area contributed by atoms with Gasteiger partial charge in [-0.05, 0) is 25.5 Å². The summed E-state index contributed by atoms with van der Waals surface area (Å²) in [7, 11) is 1.72. The molecule has 0 spiro atoms. The molecule has 1 unspecified atom stereocenters. The Bertz CT molecular complexity index is 658. The van der Waals surface area contributed by atoms with E-state index in [1.165, 1.54) is 6.07 Å². The third-order valence-electron chi connectivity index (χ3n) is 4.33. The van der Waals surface area contributed by atoms with Crippen molar-refractivity contribution in [3.63, 3.8) is 0 Å². The van der Waals surface area contributed by atoms with Crippen molar-refractivity contribution in [1.82, 2.24) is 19.8 Å². The molecule has 5 nitrogen and oxygen atoms in total. The fourth-order valence-corrected chi connectivity index (χ4v) is 3.05. The maximum Gasteiger partial charge on any atom is 0.236 e. The molecule has 1 atom stereocenters. The van der Waals surface area contributed by atoms with Crippen LogP contribution in [0.2, 0.25) is 0 Å². The van der Waals surface area contributed by atoms with Gasteiger partial charge in [-0.1, -0.05) is 18.2 Å². The second kappa shape index (κ2) is 6.91. The normalized spacial score (nSPS) is 18.3. The summed E-state index contributed by atoms with van der Waals surface area (Å²) in [6, 6.07) is 6.72. The summed E-state index contributed by atoms with van der Waals surface area (Å²) >= 11 is 0. The zero-order valence-electron chi connectivity index (χ0n) is 13.2. The molecule has 0 saturated carbocycles. The fourth-order valence-electron chi connectivity index (χ4n) is 3.05. The van der Waals surface area contributed by atoms with Crippen LogP contribution in [0.4, 0.5) is 4.39 Å². The number of amides is 1. The zero-order chi connectivity index (χ0) is 16.2. The van der Waals surface area contributed by atoms with Gasteiger partial charge in [0.25, 0.3) is 0 Å². The van der Waals surface area contributed by atoms with E-state index < -0.39 is 0 Å². The summed E-state index contributed by atoms with van der Waals surface area (Å²) in [6.45, 7) is 1.49. The van der Waals surface area contributed by atoms with Crippen LogP contribution in [0.5, 0.6) is 0 Å². The van der Waals surface area contributed by atoms with Gasteiger partial charge < -0.3 is 9.88 Å². The minimum absolute atomic E-state index is 0.00768. The smallest absolute Gasteiger partial charge is 0.236 e. The van der Waals surface area contributed by atoms with E-state index >= 15 is 0 Å². The molecular weight excluding hydrogens is 295 g/mol. The fraction of sp³-hybridized carbons (Fsp3) is 0.412. The molecule has 1 aromatic carbocycles. The number of rotatable bonds is 5. The summed E-state index contributed by atoms with van der Waals surface area (Å²) in [5.74, 6) is 0.626. The number of hydrogen-bond donors (Lipinski definition) is 1. The molecule has 2 heterocycles. The molecule has 1 amide bonds. The number of aromatic amines is 1. The average Bonchev–Trinajstić information content (AvgIpc) is 3.20. The van der Waals surface area contributed by atoms with E-state index in [1.807, 2.05) is 0 Å². The Morgan fingerprint density at radius 1 is 1.48 bits per heavy atom. The van der Waals surface area contributed by atoms with Gasteiger partial charge >= 0.3 is 0 Å². The van der Waals surface area contributed by atoms with E-state index in [1.54, 1.807) is 42.5 Å². The molecule has 2 aromatic rings. The Kier molecular flexibility index (Phi) is 4.71. The highest BCUT2D eigenvalue weighted by Crippen LogP contribution is 2.29. The molecule has 1 fully saturated rings. The van der Waals surface area contributed by atoms with Gasteiger partial charge in [0.1, 0.15) is 11.6 Å². The molecule has 122 valence electrons. The van der Waals surface area contributed by atoms with E-state index in [0.717, 1.165) is 25.2 Å². The summed E-state index contributed by atoms with van der Waals surface area (Å²) < 4.78 is 13.7. The van der Waals surface area contributed by atoms with Crippen LogP contribution >= 0.6 is 0 Å². The van der Waals surface area contributed by atoms with Crippen LogP contribution in [0.25, 0.3) is 0 Å². The number of carbonyl (C=O) groups excluding carboxylic acids is 1. The van der Waals surface area contributed by atoms with Crippen molar-refractivity contribution in [3.05, 3.63) is 53.9 Å². The Labute approximate surface area is 135 Å². The molecular formula is C17H21FN4O. The minimum Gasteiger partial charge on any atom is -0.347 e. The van der Waals surface area contributed by atoms with Gasteiger partial charge in [-0.15, -0.1) is 0 Å². The lowest BCUT2D eigenvalue weighted by atomic mass is 10.2. The van der Waals surface area contributed by atoms with Crippen LogP contribution in [0.3, 0.4) is 0 Å². The quantitative estimate of drug-likeness (QED) is 0.921. The topological polar surface area (TPSA) is 52.2 Å². The lowest BCUT2D eigenvalue weighted by molar-refractivity contribution is -0.131. The molecule has 1 aliphatic rings. The van der Waals surface area contributed by atoms with E-state index in [9.17, 15) is 9.18 Å². The number of likely N-dealkylation sites (tertiary alicyclic amines) is 1. The van der Waals surface area contributed by atoms with Gasteiger partial charge in [0.15, 0.2) is 0 Å². The van der Waals surface area contributed by atoms with Gasteiger partial charge in [-0.3, -0.25) is 9.69 Å². The number of halogens is 1. The number of carbonyl (C=O) groups is 1. The van der Waals surface area contributed by atoms with Crippen molar-refractivity contribution < 1.29 is 9.18 Å².